The quantitative estimate of drug-likeness (QED) is 0.614. The first-order valence-corrected chi connectivity index (χ1v) is 3.93. The molecule has 2 rings (SSSR count). The molecule has 0 atom stereocenters. The van der Waals surface area contributed by atoms with Crippen LogP contribution in [0.2, 0.25) is 0 Å². The summed E-state index contributed by atoms with van der Waals surface area (Å²) in [6, 6.07) is 3.32. The highest BCUT2D eigenvalue weighted by molar-refractivity contribution is 5.85. The van der Waals surface area contributed by atoms with Crippen molar-refractivity contribution in [3.63, 3.8) is 0 Å². The number of nitrogens with one attached hydrogen (secondary N) is 1. The average Bonchev–Trinajstić information content (AvgIpc) is 2.41. The first-order valence-electron chi connectivity index (χ1n) is 3.93. The van der Waals surface area contributed by atoms with E-state index < -0.39 is 0 Å². The fourth-order valence-electron chi connectivity index (χ4n) is 1.46. The van der Waals surface area contributed by atoms with Gasteiger partial charge in [-0.15, -0.1) is 0 Å². The molecule has 1 N–H and O–H groups in total. The Kier molecular flexibility index (Phi) is 1.43. The molecule has 0 bridgehead atoms. The summed E-state index contributed by atoms with van der Waals surface area (Å²) in [6.07, 6.45) is 1.90. The summed E-state index contributed by atoms with van der Waals surface area (Å²) in [5.41, 5.74) is 2.77. The van der Waals surface area contributed by atoms with E-state index in [1.54, 1.807) is 6.92 Å². The number of benzene rings is 1. The average molecular weight is 163 g/mol. The van der Waals surface area contributed by atoms with Gasteiger partial charge < -0.3 is 4.98 Å². The Labute approximate surface area is 70.2 Å². The molecule has 0 aliphatic rings. The first-order chi connectivity index (χ1) is 5.70. The van der Waals surface area contributed by atoms with Crippen LogP contribution in [0.1, 0.15) is 11.1 Å². The number of H-pyrrole nitrogens is 1. The number of aromatic nitrogens is 1. The van der Waals surface area contributed by atoms with Crippen LogP contribution in [0.4, 0.5) is 4.39 Å². The standard InChI is InChI=1S/C10H10FN/c1-6-5-12-10-7(2)9(11)4-3-8(6)10/h3-5,12H,1-2H3. The summed E-state index contributed by atoms with van der Waals surface area (Å²) in [4.78, 5) is 3.06. The van der Waals surface area contributed by atoms with Crippen LogP contribution in [0.15, 0.2) is 18.3 Å². The lowest BCUT2D eigenvalue weighted by atomic mass is 10.1. The zero-order valence-corrected chi connectivity index (χ0v) is 7.11. The lowest BCUT2D eigenvalue weighted by Crippen LogP contribution is -1.82. The Morgan fingerprint density at radius 1 is 1.25 bits per heavy atom. The smallest absolute Gasteiger partial charge is 0.128 e. The third-order valence-electron chi connectivity index (χ3n) is 2.26. The molecule has 0 saturated carbocycles. The molecule has 0 aliphatic carbocycles. The van der Waals surface area contributed by atoms with E-state index in [1.807, 2.05) is 19.2 Å². The van der Waals surface area contributed by atoms with Crippen LogP contribution in [0.3, 0.4) is 0 Å². The highest BCUT2D eigenvalue weighted by Gasteiger charge is 2.05. The third kappa shape index (κ3) is 0.843. The van der Waals surface area contributed by atoms with Gasteiger partial charge in [0.2, 0.25) is 0 Å². The number of aryl methyl sites for hydroxylation is 2. The highest BCUT2D eigenvalue weighted by Crippen LogP contribution is 2.22. The van der Waals surface area contributed by atoms with Crippen molar-refractivity contribution in [2.45, 2.75) is 13.8 Å². The third-order valence-corrected chi connectivity index (χ3v) is 2.26. The minimum Gasteiger partial charge on any atom is -0.361 e. The molecule has 1 aromatic carbocycles. The summed E-state index contributed by atoms with van der Waals surface area (Å²) >= 11 is 0. The van der Waals surface area contributed by atoms with Gasteiger partial charge in [0.05, 0.1) is 5.52 Å². The largest absolute Gasteiger partial charge is 0.361 e. The maximum absolute atomic E-state index is 13.0. The molecule has 0 unspecified atom stereocenters. The normalized spacial score (nSPS) is 10.9. The molecule has 0 saturated heterocycles. The molecule has 0 spiro atoms. The fraction of sp³-hybridized carbons (Fsp3) is 0.200. The number of hydrogen-bond donors (Lipinski definition) is 1. The Hall–Kier alpha value is -1.31. The van der Waals surface area contributed by atoms with Crippen LogP contribution in [-0.2, 0) is 0 Å². The molecular weight excluding hydrogens is 153 g/mol. The molecule has 0 amide bonds. The Bertz CT molecular complexity index is 429. The van der Waals surface area contributed by atoms with Gasteiger partial charge in [0.1, 0.15) is 5.82 Å². The predicted molar refractivity (Wildman–Crippen MR) is 47.7 cm³/mol. The molecule has 0 fully saturated rings. The van der Waals surface area contributed by atoms with Gasteiger partial charge in [0.25, 0.3) is 0 Å². The maximum Gasteiger partial charge on any atom is 0.128 e. The SMILES string of the molecule is Cc1c[nH]c2c(C)c(F)ccc12. The predicted octanol–water partition coefficient (Wildman–Crippen LogP) is 2.92. The minimum atomic E-state index is -0.149. The van der Waals surface area contributed by atoms with Gasteiger partial charge in [-0.1, -0.05) is 0 Å². The zero-order valence-electron chi connectivity index (χ0n) is 7.11. The molecule has 12 heavy (non-hydrogen) atoms. The zero-order chi connectivity index (χ0) is 8.72. The van der Waals surface area contributed by atoms with Crippen molar-refractivity contribution in [1.82, 2.24) is 4.98 Å². The van der Waals surface area contributed by atoms with Crippen LogP contribution in [0, 0.1) is 19.7 Å². The topological polar surface area (TPSA) is 15.8 Å². The van der Waals surface area contributed by atoms with Gasteiger partial charge in [-0.3, -0.25) is 0 Å². The molecule has 1 heterocycles. The van der Waals surface area contributed by atoms with Gasteiger partial charge in [0.15, 0.2) is 0 Å². The van der Waals surface area contributed by atoms with Gasteiger partial charge in [0, 0.05) is 17.1 Å². The first kappa shape index (κ1) is 7.35. The van der Waals surface area contributed by atoms with E-state index >= 15 is 0 Å². The van der Waals surface area contributed by atoms with E-state index in [0.29, 0.717) is 5.56 Å². The highest BCUT2D eigenvalue weighted by atomic mass is 19.1. The molecule has 2 heteroatoms. The van der Waals surface area contributed by atoms with E-state index in [1.165, 1.54) is 6.07 Å². The van der Waals surface area contributed by atoms with Crippen molar-refractivity contribution in [1.29, 1.82) is 0 Å². The van der Waals surface area contributed by atoms with Crippen LogP contribution in [0.25, 0.3) is 10.9 Å². The number of halogens is 1. The van der Waals surface area contributed by atoms with Gasteiger partial charge >= 0.3 is 0 Å². The van der Waals surface area contributed by atoms with E-state index in [-0.39, 0.29) is 5.82 Å². The molecule has 1 aromatic heterocycles. The lowest BCUT2D eigenvalue weighted by molar-refractivity contribution is 0.620. The summed E-state index contributed by atoms with van der Waals surface area (Å²) in [5.74, 6) is -0.149. The Morgan fingerprint density at radius 3 is 2.75 bits per heavy atom. The molecule has 1 nitrogen and oxygen atoms in total. The number of rotatable bonds is 0. The van der Waals surface area contributed by atoms with Gasteiger partial charge in [-0.25, -0.2) is 4.39 Å². The van der Waals surface area contributed by atoms with Gasteiger partial charge in [-0.2, -0.15) is 0 Å². The van der Waals surface area contributed by atoms with Crippen LogP contribution < -0.4 is 0 Å². The van der Waals surface area contributed by atoms with Crippen molar-refractivity contribution < 1.29 is 4.39 Å². The second-order valence-electron chi connectivity index (χ2n) is 3.07. The molecule has 0 aliphatic heterocycles. The second-order valence-corrected chi connectivity index (χ2v) is 3.07. The molecular formula is C10H10FN. The lowest BCUT2D eigenvalue weighted by Gasteiger charge is -1.97. The summed E-state index contributed by atoms with van der Waals surface area (Å²) < 4.78 is 13.0. The van der Waals surface area contributed by atoms with Gasteiger partial charge in [-0.05, 0) is 31.5 Å². The fourth-order valence-corrected chi connectivity index (χ4v) is 1.46. The van der Waals surface area contributed by atoms with Crippen molar-refractivity contribution in [3.05, 3.63) is 35.3 Å². The Morgan fingerprint density at radius 2 is 2.00 bits per heavy atom. The van der Waals surface area contributed by atoms with Crippen molar-refractivity contribution in [2.75, 3.05) is 0 Å². The van der Waals surface area contributed by atoms with Crippen LogP contribution in [0.5, 0.6) is 0 Å². The molecule has 0 radical (unpaired) electrons. The van der Waals surface area contributed by atoms with Crippen LogP contribution >= 0.6 is 0 Å². The number of fused-ring (bicyclic) bond motifs is 1. The van der Waals surface area contributed by atoms with Crippen LogP contribution in [-0.4, -0.2) is 4.98 Å². The van der Waals surface area contributed by atoms with E-state index in [2.05, 4.69) is 4.98 Å². The van der Waals surface area contributed by atoms with Crippen molar-refractivity contribution in [3.8, 4) is 0 Å². The second kappa shape index (κ2) is 2.34. The molecule has 62 valence electrons. The van der Waals surface area contributed by atoms with E-state index in [0.717, 1.165) is 16.5 Å². The monoisotopic (exact) mass is 163 g/mol. The Balaban J connectivity index is 2.93. The minimum absolute atomic E-state index is 0.149. The maximum atomic E-state index is 13.0. The van der Waals surface area contributed by atoms with Crippen molar-refractivity contribution in [2.24, 2.45) is 0 Å². The summed E-state index contributed by atoms with van der Waals surface area (Å²) in [6.45, 7) is 3.80. The van der Waals surface area contributed by atoms with E-state index in [4.69, 9.17) is 0 Å². The van der Waals surface area contributed by atoms with E-state index in [9.17, 15) is 4.39 Å². The number of aromatic amines is 1. The summed E-state index contributed by atoms with van der Waals surface area (Å²) in [5, 5.41) is 1.11. The number of hydrogen-bond acceptors (Lipinski definition) is 0. The van der Waals surface area contributed by atoms with Crippen molar-refractivity contribution >= 4 is 10.9 Å². The molecule has 2 aromatic rings. The summed E-state index contributed by atoms with van der Waals surface area (Å²) in [7, 11) is 0.